The quantitative estimate of drug-likeness (QED) is 0.435. The van der Waals surface area contributed by atoms with Gasteiger partial charge in [-0.15, -0.1) is 6.58 Å². The molecule has 1 aromatic carbocycles. The average Bonchev–Trinajstić information content (AvgIpc) is 2.87. The molecule has 0 spiro atoms. The van der Waals surface area contributed by atoms with E-state index in [0.29, 0.717) is 13.1 Å². The van der Waals surface area contributed by atoms with E-state index in [1.807, 2.05) is 13.1 Å². The van der Waals surface area contributed by atoms with Crippen LogP contribution in [0.5, 0.6) is 0 Å². The Kier molecular flexibility index (Phi) is 5.37. The van der Waals surface area contributed by atoms with E-state index >= 15 is 0 Å². The average molecular weight is 288 g/mol. The maximum absolute atomic E-state index is 13.1. The number of benzene rings is 1. The molecular weight excluding hydrogens is 267 g/mol. The van der Waals surface area contributed by atoms with Gasteiger partial charge in [0.15, 0.2) is 5.96 Å². The molecule has 2 aromatic rings. The van der Waals surface area contributed by atoms with Crippen molar-refractivity contribution in [1.29, 1.82) is 0 Å². The zero-order valence-corrected chi connectivity index (χ0v) is 12.2. The highest BCUT2D eigenvalue weighted by Crippen LogP contribution is 2.19. The van der Waals surface area contributed by atoms with Gasteiger partial charge in [-0.2, -0.15) is 0 Å². The van der Waals surface area contributed by atoms with E-state index in [1.165, 1.54) is 12.1 Å². The lowest BCUT2D eigenvalue weighted by Gasteiger charge is -2.09. The maximum atomic E-state index is 13.1. The van der Waals surface area contributed by atoms with Crippen LogP contribution in [0.3, 0.4) is 0 Å². The van der Waals surface area contributed by atoms with E-state index in [1.54, 1.807) is 12.1 Å². The van der Waals surface area contributed by atoms with Crippen LogP contribution in [0, 0.1) is 5.82 Å². The number of nitrogens with one attached hydrogen (secondary N) is 3. The number of rotatable bonds is 6. The smallest absolute Gasteiger partial charge is 0.191 e. The van der Waals surface area contributed by atoms with Crippen molar-refractivity contribution < 1.29 is 4.39 Å². The van der Waals surface area contributed by atoms with Crippen molar-refractivity contribution in [2.75, 3.05) is 19.6 Å². The van der Waals surface area contributed by atoms with Crippen molar-refractivity contribution in [3.05, 3.63) is 48.4 Å². The maximum Gasteiger partial charge on any atom is 0.191 e. The topological polar surface area (TPSA) is 52.2 Å². The first kappa shape index (κ1) is 15.1. The molecule has 0 aliphatic rings. The van der Waals surface area contributed by atoms with Crippen LogP contribution >= 0.6 is 0 Å². The molecule has 5 heteroatoms. The summed E-state index contributed by atoms with van der Waals surface area (Å²) >= 11 is 0. The van der Waals surface area contributed by atoms with Crippen LogP contribution in [0.1, 0.15) is 12.5 Å². The number of aromatic amines is 1. The third-order valence-electron chi connectivity index (χ3n) is 3.14. The summed E-state index contributed by atoms with van der Waals surface area (Å²) in [5.74, 6) is 0.556. The van der Waals surface area contributed by atoms with Crippen LogP contribution in [-0.4, -0.2) is 30.6 Å². The van der Waals surface area contributed by atoms with Crippen molar-refractivity contribution >= 4 is 16.9 Å². The van der Waals surface area contributed by atoms with Crippen molar-refractivity contribution in [2.24, 2.45) is 4.99 Å². The van der Waals surface area contributed by atoms with Gasteiger partial charge in [0.05, 0.1) is 0 Å². The van der Waals surface area contributed by atoms with Gasteiger partial charge in [0, 0.05) is 36.7 Å². The lowest BCUT2D eigenvalue weighted by Crippen LogP contribution is -2.37. The lowest BCUT2D eigenvalue weighted by atomic mass is 10.1. The summed E-state index contributed by atoms with van der Waals surface area (Å²) < 4.78 is 13.1. The number of fused-ring (bicyclic) bond motifs is 1. The Hall–Kier alpha value is -2.30. The second-order valence-electron chi connectivity index (χ2n) is 4.68. The van der Waals surface area contributed by atoms with Gasteiger partial charge in [-0.05, 0) is 37.1 Å². The number of H-pyrrole nitrogens is 1. The Balaban J connectivity index is 2.01. The molecule has 0 saturated heterocycles. The predicted octanol–water partition coefficient (Wildman–Crippen LogP) is 2.59. The van der Waals surface area contributed by atoms with E-state index in [-0.39, 0.29) is 5.82 Å². The summed E-state index contributed by atoms with van der Waals surface area (Å²) in [6, 6.07) is 4.80. The minimum Gasteiger partial charge on any atom is -0.361 e. The Bertz CT molecular complexity index is 630. The van der Waals surface area contributed by atoms with E-state index in [0.717, 1.165) is 35.4 Å². The van der Waals surface area contributed by atoms with Gasteiger partial charge in [-0.25, -0.2) is 4.39 Å². The largest absolute Gasteiger partial charge is 0.361 e. The van der Waals surface area contributed by atoms with Gasteiger partial charge in [0.25, 0.3) is 0 Å². The monoisotopic (exact) mass is 288 g/mol. The summed E-state index contributed by atoms with van der Waals surface area (Å²) in [6.07, 6.45) is 4.51. The summed E-state index contributed by atoms with van der Waals surface area (Å²) in [4.78, 5) is 7.60. The molecular formula is C16H21FN4. The van der Waals surface area contributed by atoms with E-state index in [2.05, 4.69) is 27.2 Å². The molecule has 21 heavy (non-hydrogen) atoms. The number of guanidine groups is 1. The second-order valence-corrected chi connectivity index (χ2v) is 4.68. The summed E-state index contributed by atoms with van der Waals surface area (Å²) in [7, 11) is 0. The first-order valence-corrected chi connectivity index (χ1v) is 7.13. The highest BCUT2D eigenvalue weighted by atomic mass is 19.1. The number of hydrogen-bond donors (Lipinski definition) is 3. The number of nitrogens with zero attached hydrogens (tertiary/aromatic N) is 1. The molecule has 0 radical (unpaired) electrons. The zero-order valence-electron chi connectivity index (χ0n) is 12.2. The minimum absolute atomic E-state index is 0.225. The van der Waals surface area contributed by atoms with Crippen molar-refractivity contribution in [1.82, 2.24) is 15.6 Å². The highest BCUT2D eigenvalue weighted by Gasteiger charge is 2.04. The molecule has 0 fully saturated rings. The highest BCUT2D eigenvalue weighted by molar-refractivity contribution is 5.83. The van der Waals surface area contributed by atoms with E-state index in [9.17, 15) is 4.39 Å². The minimum atomic E-state index is -0.225. The molecule has 0 saturated carbocycles. The molecule has 0 aliphatic heterocycles. The summed E-state index contributed by atoms with van der Waals surface area (Å²) in [5.41, 5.74) is 1.97. The fourth-order valence-electron chi connectivity index (χ4n) is 2.16. The molecule has 0 bridgehead atoms. The molecule has 2 rings (SSSR count). The van der Waals surface area contributed by atoms with Gasteiger partial charge in [0.2, 0.25) is 0 Å². The van der Waals surface area contributed by atoms with Gasteiger partial charge < -0.3 is 15.6 Å². The van der Waals surface area contributed by atoms with Crippen molar-refractivity contribution in [3.63, 3.8) is 0 Å². The molecule has 1 aromatic heterocycles. The van der Waals surface area contributed by atoms with Gasteiger partial charge in [-0.1, -0.05) is 6.08 Å². The molecule has 1 heterocycles. The van der Waals surface area contributed by atoms with Crippen molar-refractivity contribution in [2.45, 2.75) is 13.3 Å². The fourth-order valence-corrected chi connectivity index (χ4v) is 2.16. The molecule has 0 aliphatic carbocycles. The molecule has 0 unspecified atom stereocenters. The van der Waals surface area contributed by atoms with E-state index < -0.39 is 0 Å². The standard InChI is InChI=1S/C16H21FN4/c1-3-8-19-16(18-4-2)20-9-7-12-11-21-15-10-13(17)5-6-14(12)15/h3,5-6,10-11,21H,1,4,7-9H2,2H3,(H2,18,19,20). The van der Waals surface area contributed by atoms with Gasteiger partial charge >= 0.3 is 0 Å². The molecule has 0 amide bonds. The number of hydrogen-bond acceptors (Lipinski definition) is 1. The summed E-state index contributed by atoms with van der Waals surface area (Å²) in [6.45, 7) is 7.86. The number of aliphatic imine (C=N–C) groups is 1. The molecule has 3 N–H and O–H groups in total. The van der Waals surface area contributed by atoms with Gasteiger partial charge in [-0.3, -0.25) is 4.99 Å². The first-order chi connectivity index (χ1) is 10.2. The second kappa shape index (κ2) is 7.47. The predicted molar refractivity (Wildman–Crippen MR) is 86.1 cm³/mol. The number of halogens is 1. The Labute approximate surface area is 124 Å². The normalized spacial score (nSPS) is 11.6. The van der Waals surface area contributed by atoms with Crippen LogP contribution < -0.4 is 10.6 Å². The number of aromatic nitrogens is 1. The van der Waals surface area contributed by atoms with Crippen LogP contribution in [0.15, 0.2) is 42.0 Å². The Morgan fingerprint density at radius 3 is 3.05 bits per heavy atom. The Morgan fingerprint density at radius 2 is 2.29 bits per heavy atom. The molecule has 0 atom stereocenters. The van der Waals surface area contributed by atoms with Crippen LogP contribution in [0.2, 0.25) is 0 Å². The SMILES string of the molecule is C=CCNC(=NCCc1c[nH]c2cc(F)ccc12)NCC. The van der Waals surface area contributed by atoms with Gasteiger partial charge in [0.1, 0.15) is 5.82 Å². The lowest BCUT2D eigenvalue weighted by molar-refractivity contribution is 0.629. The third-order valence-corrected chi connectivity index (χ3v) is 3.14. The van der Waals surface area contributed by atoms with Crippen LogP contribution in [0.4, 0.5) is 4.39 Å². The Morgan fingerprint density at radius 1 is 1.43 bits per heavy atom. The fraction of sp³-hybridized carbons (Fsp3) is 0.312. The van der Waals surface area contributed by atoms with Crippen LogP contribution in [-0.2, 0) is 6.42 Å². The molecule has 112 valence electrons. The van der Waals surface area contributed by atoms with Crippen molar-refractivity contribution in [3.8, 4) is 0 Å². The van der Waals surface area contributed by atoms with Crippen LogP contribution in [0.25, 0.3) is 10.9 Å². The third kappa shape index (κ3) is 4.08. The molecule has 4 nitrogen and oxygen atoms in total. The van der Waals surface area contributed by atoms with E-state index in [4.69, 9.17) is 0 Å². The summed E-state index contributed by atoms with van der Waals surface area (Å²) in [5, 5.41) is 7.39. The first-order valence-electron chi connectivity index (χ1n) is 7.13. The zero-order chi connectivity index (χ0) is 15.1.